The van der Waals surface area contributed by atoms with Crippen molar-refractivity contribution in [2.45, 2.75) is 33.2 Å². The second-order valence-electron chi connectivity index (χ2n) is 5.44. The van der Waals surface area contributed by atoms with Gasteiger partial charge in [0, 0.05) is 31.7 Å². The molecule has 5 nitrogen and oxygen atoms in total. The van der Waals surface area contributed by atoms with E-state index in [1.807, 2.05) is 6.07 Å². The monoisotopic (exact) mass is 263 g/mol. The van der Waals surface area contributed by atoms with Crippen molar-refractivity contribution in [1.29, 1.82) is 0 Å². The highest BCUT2D eigenvalue weighted by Gasteiger charge is 2.23. The number of likely N-dealkylation sites (tertiary alicyclic amines) is 1. The molecule has 2 heterocycles. The molecule has 1 aromatic heterocycles. The van der Waals surface area contributed by atoms with E-state index >= 15 is 0 Å². The molecule has 2 N–H and O–H groups in total. The summed E-state index contributed by atoms with van der Waals surface area (Å²) in [6.07, 6.45) is 2.88. The standard InChI is InChI=1S/C14H25N5/c1-4-15-13-7-14(18-10-17-13)16-8-12-5-6-19(9-12)11(2)3/h7,10-12H,4-6,8-9H2,1-3H3,(H2,15,16,17,18). The van der Waals surface area contributed by atoms with E-state index < -0.39 is 0 Å². The Morgan fingerprint density at radius 3 is 2.68 bits per heavy atom. The van der Waals surface area contributed by atoms with Crippen LogP contribution in [0.4, 0.5) is 11.6 Å². The lowest BCUT2D eigenvalue weighted by Gasteiger charge is -2.20. The van der Waals surface area contributed by atoms with Crippen LogP contribution < -0.4 is 10.6 Å². The van der Waals surface area contributed by atoms with E-state index in [2.05, 4.69) is 46.3 Å². The van der Waals surface area contributed by atoms with Gasteiger partial charge in [0.1, 0.15) is 18.0 Å². The Labute approximate surface area is 115 Å². The van der Waals surface area contributed by atoms with Gasteiger partial charge in [0.15, 0.2) is 0 Å². The molecule has 0 amide bonds. The van der Waals surface area contributed by atoms with Crippen molar-refractivity contribution in [3.05, 3.63) is 12.4 Å². The van der Waals surface area contributed by atoms with Crippen LogP contribution in [0.15, 0.2) is 12.4 Å². The van der Waals surface area contributed by atoms with Crippen LogP contribution in [0.25, 0.3) is 0 Å². The molecule has 0 radical (unpaired) electrons. The fraction of sp³-hybridized carbons (Fsp3) is 0.714. The maximum absolute atomic E-state index is 4.26. The highest BCUT2D eigenvalue weighted by atomic mass is 15.2. The molecule has 0 saturated carbocycles. The normalized spacial score (nSPS) is 19.9. The molecule has 0 spiro atoms. The highest BCUT2D eigenvalue weighted by molar-refractivity contribution is 5.46. The number of anilines is 2. The summed E-state index contributed by atoms with van der Waals surface area (Å²) in [5, 5.41) is 6.63. The Morgan fingerprint density at radius 2 is 2.05 bits per heavy atom. The number of aromatic nitrogens is 2. The van der Waals surface area contributed by atoms with Gasteiger partial charge in [0.25, 0.3) is 0 Å². The Balaban J connectivity index is 1.81. The molecule has 5 heteroatoms. The van der Waals surface area contributed by atoms with E-state index in [4.69, 9.17) is 0 Å². The molecule has 0 bridgehead atoms. The predicted molar refractivity (Wildman–Crippen MR) is 79.5 cm³/mol. The van der Waals surface area contributed by atoms with Crippen LogP contribution in [0.2, 0.25) is 0 Å². The quantitative estimate of drug-likeness (QED) is 0.822. The Bertz CT molecular complexity index is 393. The minimum atomic E-state index is 0.657. The molecular weight excluding hydrogens is 238 g/mol. The first kappa shape index (κ1) is 14.1. The molecule has 1 unspecified atom stereocenters. The molecule has 1 aromatic rings. The van der Waals surface area contributed by atoms with E-state index in [-0.39, 0.29) is 0 Å². The zero-order chi connectivity index (χ0) is 13.7. The third-order valence-corrected chi connectivity index (χ3v) is 3.64. The molecule has 1 aliphatic heterocycles. The summed E-state index contributed by atoms with van der Waals surface area (Å²) in [7, 11) is 0. The number of hydrogen-bond acceptors (Lipinski definition) is 5. The molecular formula is C14H25N5. The van der Waals surface area contributed by atoms with E-state index in [0.717, 1.165) is 30.6 Å². The Kier molecular flexibility index (Phi) is 4.96. The number of hydrogen-bond donors (Lipinski definition) is 2. The van der Waals surface area contributed by atoms with Gasteiger partial charge >= 0.3 is 0 Å². The van der Waals surface area contributed by atoms with Gasteiger partial charge in [-0.1, -0.05) is 0 Å². The highest BCUT2D eigenvalue weighted by Crippen LogP contribution is 2.19. The summed E-state index contributed by atoms with van der Waals surface area (Å²) >= 11 is 0. The average Bonchev–Trinajstić information content (AvgIpc) is 2.86. The zero-order valence-electron chi connectivity index (χ0n) is 12.2. The summed E-state index contributed by atoms with van der Waals surface area (Å²) in [5.74, 6) is 2.52. The van der Waals surface area contributed by atoms with Crippen molar-refractivity contribution in [2.75, 3.05) is 36.8 Å². The van der Waals surface area contributed by atoms with E-state index in [0.29, 0.717) is 6.04 Å². The van der Waals surface area contributed by atoms with Crippen molar-refractivity contribution < 1.29 is 0 Å². The lowest BCUT2D eigenvalue weighted by Crippen LogP contribution is -2.29. The van der Waals surface area contributed by atoms with Crippen molar-refractivity contribution in [3.63, 3.8) is 0 Å². The van der Waals surface area contributed by atoms with Gasteiger partial charge in [-0.3, -0.25) is 0 Å². The molecule has 2 rings (SSSR count). The number of nitrogens with zero attached hydrogens (tertiary/aromatic N) is 3. The maximum Gasteiger partial charge on any atom is 0.131 e. The van der Waals surface area contributed by atoms with Gasteiger partial charge in [-0.05, 0) is 39.7 Å². The van der Waals surface area contributed by atoms with Gasteiger partial charge in [0.2, 0.25) is 0 Å². The van der Waals surface area contributed by atoms with Crippen molar-refractivity contribution >= 4 is 11.6 Å². The second-order valence-corrected chi connectivity index (χ2v) is 5.44. The van der Waals surface area contributed by atoms with E-state index in [9.17, 15) is 0 Å². The SMILES string of the molecule is CCNc1cc(NCC2CCN(C(C)C)C2)ncn1. The van der Waals surface area contributed by atoms with Gasteiger partial charge in [0.05, 0.1) is 0 Å². The molecule has 1 fully saturated rings. The van der Waals surface area contributed by atoms with E-state index in [1.165, 1.54) is 19.5 Å². The summed E-state index contributed by atoms with van der Waals surface area (Å²) in [6, 6.07) is 2.63. The van der Waals surface area contributed by atoms with Crippen molar-refractivity contribution in [3.8, 4) is 0 Å². The minimum absolute atomic E-state index is 0.657. The van der Waals surface area contributed by atoms with Gasteiger partial charge < -0.3 is 15.5 Å². The topological polar surface area (TPSA) is 53.1 Å². The lowest BCUT2D eigenvalue weighted by atomic mass is 10.1. The number of nitrogens with one attached hydrogen (secondary N) is 2. The largest absolute Gasteiger partial charge is 0.370 e. The van der Waals surface area contributed by atoms with Crippen LogP contribution in [0.5, 0.6) is 0 Å². The van der Waals surface area contributed by atoms with Crippen LogP contribution in [0, 0.1) is 5.92 Å². The smallest absolute Gasteiger partial charge is 0.131 e. The predicted octanol–water partition coefficient (Wildman–Crippen LogP) is 2.05. The summed E-state index contributed by atoms with van der Waals surface area (Å²) in [4.78, 5) is 11.0. The summed E-state index contributed by atoms with van der Waals surface area (Å²) < 4.78 is 0. The Morgan fingerprint density at radius 1 is 1.32 bits per heavy atom. The maximum atomic E-state index is 4.26. The first-order chi connectivity index (χ1) is 9.19. The van der Waals surface area contributed by atoms with Gasteiger partial charge in [-0.15, -0.1) is 0 Å². The van der Waals surface area contributed by atoms with Crippen LogP contribution in [0.1, 0.15) is 27.2 Å². The third kappa shape index (κ3) is 4.06. The number of rotatable bonds is 6. The lowest BCUT2D eigenvalue weighted by molar-refractivity contribution is 0.266. The third-order valence-electron chi connectivity index (χ3n) is 3.64. The minimum Gasteiger partial charge on any atom is -0.370 e. The van der Waals surface area contributed by atoms with Crippen LogP contribution in [-0.2, 0) is 0 Å². The van der Waals surface area contributed by atoms with Gasteiger partial charge in [-0.2, -0.15) is 0 Å². The van der Waals surface area contributed by atoms with Gasteiger partial charge in [-0.25, -0.2) is 9.97 Å². The first-order valence-electron chi connectivity index (χ1n) is 7.23. The molecule has 106 valence electrons. The zero-order valence-corrected chi connectivity index (χ0v) is 12.2. The average molecular weight is 263 g/mol. The second kappa shape index (κ2) is 6.70. The fourth-order valence-electron chi connectivity index (χ4n) is 2.48. The van der Waals surface area contributed by atoms with Crippen molar-refractivity contribution in [2.24, 2.45) is 5.92 Å². The van der Waals surface area contributed by atoms with Crippen LogP contribution in [0.3, 0.4) is 0 Å². The van der Waals surface area contributed by atoms with E-state index in [1.54, 1.807) is 6.33 Å². The molecule has 0 aliphatic carbocycles. The summed E-state index contributed by atoms with van der Waals surface area (Å²) in [5.41, 5.74) is 0. The molecule has 19 heavy (non-hydrogen) atoms. The molecule has 1 atom stereocenters. The van der Waals surface area contributed by atoms with Crippen LogP contribution >= 0.6 is 0 Å². The molecule has 1 saturated heterocycles. The molecule has 0 aromatic carbocycles. The van der Waals surface area contributed by atoms with Crippen LogP contribution in [-0.4, -0.2) is 47.1 Å². The first-order valence-corrected chi connectivity index (χ1v) is 7.23. The fourth-order valence-corrected chi connectivity index (χ4v) is 2.48. The molecule has 1 aliphatic rings. The van der Waals surface area contributed by atoms with Crippen molar-refractivity contribution in [1.82, 2.24) is 14.9 Å². The summed E-state index contributed by atoms with van der Waals surface area (Å²) in [6.45, 7) is 10.9. The Hall–Kier alpha value is -1.36.